The molecule has 156 valence electrons. The van der Waals surface area contributed by atoms with E-state index in [4.69, 9.17) is 16.3 Å². The highest BCUT2D eigenvalue weighted by Gasteiger charge is 2.18. The number of hydrogen-bond acceptors (Lipinski definition) is 5. The maximum Gasteiger partial charge on any atom is 0.260 e. The van der Waals surface area contributed by atoms with Gasteiger partial charge in [-0.2, -0.15) is 0 Å². The summed E-state index contributed by atoms with van der Waals surface area (Å²) in [6, 6.07) is 16.5. The Bertz CT molecular complexity index is 977. The monoisotopic (exact) mass is 443 g/mol. The Balaban J connectivity index is 1.55. The van der Waals surface area contributed by atoms with E-state index in [0.717, 1.165) is 17.7 Å². The number of nitrogens with one attached hydrogen (secondary N) is 1. The van der Waals surface area contributed by atoms with Gasteiger partial charge in [-0.15, -0.1) is 11.3 Å². The molecule has 2 aromatic carbocycles. The van der Waals surface area contributed by atoms with Crippen molar-refractivity contribution >= 4 is 39.9 Å². The third-order valence-electron chi connectivity index (χ3n) is 4.18. The standard InChI is InChI=1S/C22H22ClN3O3S/c1-2-12-26(21(28)14-29-18-10-8-17(23)9-11-18)13-20(27)25-22-24-19(15-30-22)16-6-4-3-5-7-16/h3-11,15H,2,12-14H2,1H3,(H,24,25,27). The fraction of sp³-hybridized carbons (Fsp3) is 0.227. The summed E-state index contributed by atoms with van der Waals surface area (Å²) in [7, 11) is 0. The molecule has 0 fully saturated rings. The van der Waals surface area contributed by atoms with Gasteiger partial charge in [-0.3, -0.25) is 9.59 Å². The molecule has 0 unspecified atom stereocenters. The third-order valence-corrected chi connectivity index (χ3v) is 5.19. The lowest BCUT2D eigenvalue weighted by molar-refractivity contribution is -0.136. The van der Waals surface area contributed by atoms with E-state index >= 15 is 0 Å². The first-order chi connectivity index (χ1) is 14.5. The van der Waals surface area contributed by atoms with Crippen molar-refractivity contribution in [3.63, 3.8) is 0 Å². The molecule has 2 amide bonds. The molecule has 0 aliphatic rings. The number of thiazole rings is 1. The fourth-order valence-corrected chi connectivity index (χ4v) is 3.60. The SMILES string of the molecule is CCCN(CC(=O)Nc1nc(-c2ccccc2)cs1)C(=O)COc1ccc(Cl)cc1. The number of carbonyl (C=O) groups excluding carboxylic acids is 2. The third kappa shape index (κ3) is 6.30. The van der Waals surface area contributed by atoms with Crippen LogP contribution in [0.15, 0.2) is 60.0 Å². The van der Waals surface area contributed by atoms with Crippen LogP contribution >= 0.6 is 22.9 Å². The minimum atomic E-state index is -0.294. The molecule has 1 aromatic heterocycles. The van der Waals surface area contributed by atoms with Crippen molar-refractivity contribution in [3.05, 3.63) is 65.0 Å². The van der Waals surface area contributed by atoms with Gasteiger partial charge in [-0.05, 0) is 30.7 Å². The van der Waals surface area contributed by atoms with E-state index in [9.17, 15) is 9.59 Å². The van der Waals surface area contributed by atoms with Crippen LogP contribution in [0.4, 0.5) is 5.13 Å². The zero-order valence-corrected chi connectivity index (χ0v) is 18.1. The lowest BCUT2D eigenvalue weighted by Crippen LogP contribution is -2.41. The highest BCUT2D eigenvalue weighted by atomic mass is 35.5. The van der Waals surface area contributed by atoms with Crippen LogP contribution in [-0.4, -0.2) is 41.4 Å². The number of amides is 2. The molecule has 0 atom stereocenters. The van der Waals surface area contributed by atoms with Gasteiger partial charge < -0.3 is 15.0 Å². The average molecular weight is 444 g/mol. The molecule has 0 aliphatic heterocycles. The van der Waals surface area contributed by atoms with Crippen LogP contribution in [0.5, 0.6) is 5.75 Å². The van der Waals surface area contributed by atoms with Crippen LogP contribution in [-0.2, 0) is 9.59 Å². The topological polar surface area (TPSA) is 71.5 Å². The minimum Gasteiger partial charge on any atom is -0.484 e. The summed E-state index contributed by atoms with van der Waals surface area (Å²) in [5.74, 6) is -0.00630. The minimum absolute atomic E-state index is 0.0586. The van der Waals surface area contributed by atoms with Crippen molar-refractivity contribution in [1.82, 2.24) is 9.88 Å². The predicted molar refractivity (Wildman–Crippen MR) is 120 cm³/mol. The highest BCUT2D eigenvalue weighted by molar-refractivity contribution is 7.14. The molecule has 0 aliphatic carbocycles. The number of benzene rings is 2. The number of rotatable bonds is 9. The van der Waals surface area contributed by atoms with Crippen LogP contribution < -0.4 is 10.1 Å². The van der Waals surface area contributed by atoms with E-state index < -0.39 is 0 Å². The molecule has 0 saturated heterocycles. The molecule has 6 nitrogen and oxygen atoms in total. The van der Waals surface area contributed by atoms with Gasteiger partial charge in [-0.1, -0.05) is 48.9 Å². The van der Waals surface area contributed by atoms with Crippen molar-refractivity contribution in [2.75, 3.05) is 25.0 Å². The molecule has 1 heterocycles. The molecule has 30 heavy (non-hydrogen) atoms. The van der Waals surface area contributed by atoms with Gasteiger partial charge in [0.1, 0.15) is 12.3 Å². The summed E-state index contributed by atoms with van der Waals surface area (Å²) in [4.78, 5) is 30.9. The van der Waals surface area contributed by atoms with E-state index in [2.05, 4.69) is 10.3 Å². The van der Waals surface area contributed by atoms with Crippen molar-refractivity contribution in [3.8, 4) is 17.0 Å². The molecule has 1 N–H and O–H groups in total. The predicted octanol–water partition coefficient (Wildman–Crippen LogP) is 4.72. The first kappa shape index (κ1) is 21.8. The Morgan fingerprint density at radius 2 is 1.87 bits per heavy atom. The van der Waals surface area contributed by atoms with Crippen LogP contribution in [0.1, 0.15) is 13.3 Å². The van der Waals surface area contributed by atoms with Gasteiger partial charge in [0, 0.05) is 22.5 Å². The fourth-order valence-electron chi connectivity index (χ4n) is 2.73. The summed E-state index contributed by atoms with van der Waals surface area (Å²) >= 11 is 7.19. The second kappa shape index (κ2) is 10.8. The number of anilines is 1. The number of halogens is 1. The molecule has 0 spiro atoms. The number of carbonyl (C=O) groups is 2. The Hall–Kier alpha value is -2.90. The van der Waals surface area contributed by atoms with Crippen LogP contribution in [0.25, 0.3) is 11.3 Å². The Morgan fingerprint density at radius 1 is 1.13 bits per heavy atom. The van der Waals surface area contributed by atoms with Crippen LogP contribution in [0, 0.1) is 0 Å². The smallest absolute Gasteiger partial charge is 0.260 e. The Labute approximate surface area is 184 Å². The highest BCUT2D eigenvalue weighted by Crippen LogP contribution is 2.24. The molecule has 3 aromatic rings. The van der Waals surface area contributed by atoms with Crippen LogP contribution in [0.3, 0.4) is 0 Å². The van der Waals surface area contributed by atoms with Gasteiger partial charge in [0.25, 0.3) is 5.91 Å². The van der Waals surface area contributed by atoms with E-state index in [1.54, 1.807) is 24.3 Å². The number of aromatic nitrogens is 1. The first-order valence-corrected chi connectivity index (χ1v) is 10.8. The van der Waals surface area contributed by atoms with E-state index in [-0.39, 0.29) is 25.0 Å². The van der Waals surface area contributed by atoms with E-state index in [0.29, 0.717) is 22.4 Å². The lowest BCUT2D eigenvalue weighted by Gasteiger charge is -2.21. The van der Waals surface area contributed by atoms with Gasteiger partial charge in [0.2, 0.25) is 5.91 Å². The molecular weight excluding hydrogens is 422 g/mol. The summed E-state index contributed by atoms with van der Waals surface area (Å²) in [5.41, 5.74) is 1.78. The Morgan fingerprint density at radius 3 is 2.57 bits per heavy atom. The normalized spacial score (nSPS) is 10.5. The number of hydrogen-bond donors (Lipinski definition) is 1. The first-order valence-electron chi connectivity index (χ1n) is 9.52. The van der Waals surface area contributed by atoms with Gasteiger partial charge in [-0.25, -0.2) is 4.98 Å². The zero-order chi connectivity index (χ0) is 21.3. The largest absolute Gasteiger partial charge is 0.484 e. The Kier molecular flexibility index (Phi) is 7.82. The maximum absolute atomic E-state index is 12.5. The van der Waals surface area contributed by atoms with Gasteiger partial charge >= 0.3 is 0 Å². The molecule has 0 bridgehead atoms. The summed E-state index contributed by atoms with van der Waals surface area (Å²) in [6.45, 7) is 2.20. The van der Waals surface area contributed by atoms with E-state index in [1.807, 2.05) is 42.6 Å². The van der Waals surface area contributed by atoms with Gasteiger partial charge in [0.05, 0.1) is 5.69 Å². The quantitative estimate of drug-likeness (QED) is 0.519. The zero-order valence-electron chi connectivity index (χ0n) is 16.5. The molecule has 0 radical (unpaired) electrons. The van der Waals surface area contributed by atoms with Crippen molar-refractivity contribution in [2.24, 2.45) is 0 Å². The molecule has 0 saturated carbocycles. The second-order valence-corrected chi connectivity index (χ2v) is 7.80. The summed E-state index contributed by atoms with van der Waals surface area (Å²) < 4.78 is 5.51. The summed E-state index contributed by atoms with van der Waals surface area (Å²) in [5, 5.41) is 5.76. The molecule has 8 heteroatoms. The number of nitrogens with zero attached hydrogens (tertiary/aromatic N) is 2. The summed E-state index contributed by atoms with van der Waals surface area (Å²) in [6.07, 6.45) is 0.732. The van der Waals surface area contributed by atoms with Crippen molar-refractivity contribution < 1.29 is 14.3 Å². The molecular formula is C22H22ClN3O3S. The van der Waals surface area contributed by atoms with Gasteiger partial charge in [0.15, 0.2) is 11.7 Å². The maximum atomic E-state index is 12.5. The van der Waals surface area contributed by atoms with Crippen LogP contribution in [0.2, 0.25) is 5.02 Å². The van der Waals surface area contributed by atoms with Crippen molar-refractivity contribution in [1.29, 1.82) is 0 Å². The molecule has 3 rings (SSSR count). The number of ether oxygens (including phenoxy) is 1. The van der Waals surface area contributed by atoms with E-state index in [1.165, 1.54) is 16.2 Å². The van der Waals surface area contributed by atoms with Crippen molar-refractivity contribution in [2.45, 2.75) is 13.3 Å². The second-order valence-electron chi connectivity index (χ2n) is 6.51. The lowest BCUT2D eigenvalue weighted by atomic mass is 10.2. The average Bonchev–Trinajstić information content (AvgIpc) is 3.22.